The maximum atomic E-state index is 10.3. The maximum Gasteiger partial charge on any atom is 0.336 e. The number of aliphatic carboxylic acids is 3. The molecule has 1 heterocycles. The molecule has 0 saturated carbocycles. The van der Waals surface area contributed by atoms with Crippen LogP contribution in [0.5, 0.6) is 28.7 Å². The Morgan fingerprint density at radius 3 is 1.97 bits per heavy atom. The van der Waals surface area contributed by atoms with Gasteiger partial charge in [0.1, 0.15) is 23.4 Å². The van der Waals surface area contributed by atoms with Crippen LogP contribution in [0.3, 0.4) is 0 Å². The zero-order valence-electron chi connectivity index (χ0n) is 17.3. The Balaban J connectivity index is 0.000000273. The van der Waals surface area contributed by atoms with Crippen LogP contribution >= 0.6 is 0 Å². The molecule has 0 radical (unpaired) electrons. The predicted molar refractivity (Wildman–Crippen MR) is 110 cm³/mol. The fourth-order valence-electron chi connectivity index (χ4n) is 3.18. The highest BCUT2D eigenvalue weighted by Gasteiger charge is 2.40. The van der Waals surface area contributed by atoms with Crippen molar-refractivity contribution in [2.75, 3.05) is 0 Å². The molecule has 0 aliphatic carbocycles. The lowest BCUT2D eigenvalue weighted by atomic mass is 9.94. The zero-order valence-corrected chi connectivity index (χ0v) is 17.3. The van der Waals surface area contributed by atoms with E-state index in [1.807, 2.05) is 0 Å². The summed E-state index contributed by atoms with van der Waals surface area (Å²) < 4.78 is 5.62. The van der Waals surface area contributed by atoms with E-state index in [1.54, 1.807) is 0 Å². The Hall–Kier alpha value is -4.23. The van der Waals surface area contributed by atoms with Gasteiger partial charge in [-0.1, -0.05) is 6.07 Å². The highest BCUT2D eigenvalue weighted by atomic mass is 16.5. The number of aromatic hydroxyl groups is 4. The Morgan fingerprint density at radius 2 is 1.47 bits per heavy atom. The summed E-state index contributed by atoms with van der Waals surface area (Å²) in [5.74, 6) is -5.61. The minimum atomic E-state index is -2.74. The van der Waals surface area contributed by atoms with Crippen LogP contribution < -0.4 is 4.74 Å². The van der Waals surface area contributed by atoms with Gasteiger partial charge < -0.3 is 50.7 Å². The highest BCUT2D eigenvalue weighted by molar-refractivity contribution is 5.88. The molecule has 0 spiro atoms. The first-order valence-electron chi connectivity index (χ1n) is 9.54. The molecule has 0 aromatic heterocycles. The van der Waals surface area contributed by atoms with Crippen molar-refractivity contribution < 1.29 is 65.1 Å². The quantitative estimate of drug-likeness (QED) is 0.252. The van der Waals surface area contributed by atoms with E-state index in [9.17, 15) is 39.9 Å². The molecule has 9 N–H and O–H groups in total. The average Bonchev–Trinajstić information content (AvgIpc) is 2.69. The van der Waals surface area contributed by atoms with E-state index in [0.717, 1.165) is 0 Å². The van der Waals surface area contributed by atoms with Crippen LogP contribution in [0.1, 0.15) is 30.1 Å². The third-order valence-electron chi connectivity index (χ3n) is 4.80. The molecule has 0 amide bonds. The molecule has 1 aliphatic rings. The molecule has 13 nitrogen and oxygen atoms in total. The number of phenols is 4. The summed E-state index contributed by atoms with van der Waals surface area (Å²) in [6.45, 7) is 0. The normalized spacial score (nSPS) is 16.9. The summed E-state index contributed by atoms with van der Waals surface area (Å²) in [4.78, 5) is 30.5. The van der Waals surface area contributed by atoms with Crippen molar-refractivity contribution in [1.29, 1.82) is 0 Å². The molecule has 184 valence electrons. The summed E-state index contributed by atoms with van der Waals surface area (Å²) >= 11 is 0. The number of aliphatic hydroxyl groups excluding tert-OH is 1. The van der Waals surface area contributed by atoms with E-state index in [0.29, 0.717) is 11.1 Å². The van der Waals surface area contributed by atoms with Gasteiger partial charge in [-0.15, -0.1) is 0 Å². The number of hydrogen-bond acceptors (Lipinski definition) is 10. The third kappa shape index (κ3) is 6.17. The van der Waals surface area contributed by atoms with Crippen molar-refractivity contribution in [1.82, 2.24) is 0 Å². The Bertz CT molecular complexity index is 1080. The second kappa shape index (κ2) is 10.1. The van der Waals surface area contributed by atoms with Crippen molar-refractivity contribution in [3.63, 3.8) is 0 Å². The summed E-state index contributed by atoms with van der Waals surface area (Å²) in [7, 11) is 0. The number of carbonyl (C=O) groups is 3. The van der Waals surface area contributed by atoms with Gasteiger partial charge in [0.25, 0.3) is 0 Å². The molecular weight excluding hydrogens is 460 g/mol. The number of phenolic OH excluding ortho intramolecular Hbond substituents is 4. The van der Waals surface area contributed by atoms with Crippen molar-refractivity contribution >= 4 is 17.9 Å². The molecule has 2 aromatic rings. The highest BCUT2D eigenvalue weighted by Crippen LogP contribution is 2.42. The number of hydrogen-bond donors (Lipinski definition) is 9. The van der Waals surface area contributed by atoms with Gasteiger partial charge in [0.15, 0.2) is 17.1 Å². The second-order valence-electron chi connectivity index (χ2n) is 7.48. The topological polar surface area (TPSA) is 243 Å². The van der Waals surface area contributed by atoms with Gasteiger partial charge >= 0.3 is 17.9 Å². The van der Waals surface area contributed by atoms with E-state index >= 15 is 0 Å². The van der Waals surface area contributed by atoms with Gasteiger partial charge in [-0.2, -0.15) is 0 Å². The molecule has 3 rings (SSSR count). The SMILES string of the molecule is O=C(O)CC(O)(CC(=O)O)C(=O)O.Oc1cc(O)c2c(c1)O[C@H](c1ccc(O)c(O)c1)[C@@H](O)C2. The van der Waals surface area contributed by atoms with Crippen LogP contribution in [-0.4, -0.2) is 75.6 Å². The molecule has 2 aromatic carbocycles. The van der Waals surface area contributed by atoms with Crippen molar-refractivity contribution in [3.8, 4) is 28.7 Å². The number of ether oxygens (including phenoxy) is 1. The van der Waals surface area contributed by atoms with Crippen LogP contribution in [0.15, 0.2) is 30.3 Å². The molecule has 34 heavy (non-hydrogen) atoms. The van der Waals surface area contributed by atoms with Crippen LogP contribution in [-0.2, 0) is 20.8 Å². The zero-order chi connectivity index (χ0) is 25.8. The Morgan fingerprint density at radius 1 is 0.882 bits per heavy atom. The first-order chi connectivity index (χ1) is 15.7. The van der Waals surface area contributed by atoms with Crippen LogP contribution in [0.4, 0.5) is 0 Å². The number of benzene rings is 2. The second-order valence-corrected chi connectivity index (χ2v) is 7.48. The average molecular weight is 482 g/mol. The summed E-state index contributed by atoms with van der Waals surface area (Å²) in [6.07, 6.45) is -3.85. The lowest BCUT2D eigenvalue weighted by molar-refractivity contribution is -0.170. The molecule has 13 heteroatoms. The number of fused-ring (bicyclic) bond motifs is 1. The molecule has 0 saturated heterocycles. The molecule has 0 bridgehead atoms. The van der Waals surface area contributed by atoms with Gasteiger partial charge in [0, 0.05) is 24.1 Å². The first-order valence-corrected chi connectivity index (χ1v) is 9.54. The molecule has 2 atom stereocenters. The largest absolute Gasteiger partial charge is 0.508 e. The van der Waals surface area contributed by atoms with Crippen molar-refractivity contribution in [2.24, 2.45) is 0 Å². The number of carboxylic acid groups (broad SMARTS) is 3. The van der Waals surface area contributed by atoms with Gasteiger partial charge in [-0.25, -0.2) is 4.79 Å². The minimum absolute atomic E-state index is 0.143. The van der Waals surface area contributed by atoms with E-state index in [1.165, 1.54) is 30.3 Å². The molecule has 1 aliphatic heterocycles. The smallest absolute Gasteiger partial charge is 0.336 e. The standard InChI is InChI=1S/C15H14O6.C6H8O7/c16-8-4-11(18)9-6-13(20)15(21-14(9)5-8)7-1-2-10(17)12(19)3-7;7-3(8)1-6(13,5(11)12)2-4(9)10/h1-5,13,15-20H,6H2;13H,1-2H2,(H,7,8)(H,9,10)(H,11,12)/t13-,15+;/m0./s1. The minimum Gasteiger partial charge on any atom is -0.508 e. The maximum absolute atomic E-state index is 10.3. The summed E-state index contributed by atoms with van der Waals surface area (Å²) in [5, 5.41) is 82.1. The number of aliphatic hydroxyl groups is 2. The van der Waals surface area contributed by atoms with Gasteiger partial charge in [-0.3, -0.25) is 9.59 Å². The van der Waals surface area contributed by atoms with Gasteiger partial charge in [0.2, 0.25) is 0 Å². The Labute approximate surface area is 191 Å². The fourth-order valence-corrected chi connectivity index (χ4v) is 3.18. The van der Waals surface area contributed by atoms with E-state index in [-0.39, 0.29) is 35.2 Å². The van der Waals surface area contributed by atoms with Gasteiger partial charge in [0.05, 0.1) is 18.9 Å². The first kappa shape index (κ1) is 26.0. The number of carboxylic acids is 3. The van der Waals surface area contributed by atoms with E-state index in [4.69, 9.17) is 25.2 Å². The van der Waals surface area contributed by atoms with Crippen LogP contribution in [0.25, 0.3) is 0 Å². The lowest BCUT2D eigenvalue weighted by Crippen LogP contribution is -2.42. The lowest BCUT2D eigenvalue weighted by Gasteiger charge is -2.31. The number of rotatable bonds is 6. The van der Waals surface area contributed by atoms with E-state index in [2.05, 4.69) is 0 Å². The monoisotopic (exact) mass is 482 g/mol. The molecule has 0 fully saturated rings. The predicted octanol–water partition coefficient (Wildman–Crippen LogP) is 0.298. The van der Waals surface area contributed by atoms with Crippen LogP contribution in [0.2, 0.25) is 0 Å². The van der Waals surface area contributed by atoms with E-state index < -0.39 is 48.6 Å². The molecular formula is C21H22O13. The van der Waals surface area contributed by atoms with Gasteiger partial charge in [-0.05, 0) is 17.7 Å². The molecule has 0 unspecified atom stereocenters. The summed E-state index contributed by atoms with van der Waals surface area (Å²) in [6, 6.07) is 6.67. The Kier molecular flexibility index (Phi) is 7.76. The summed E-state index contributed by atoms with van der Waals surface area (Å²) in [5.41, 5.74) is -1.84. The van der Waals surface area contributed by atoms with Crippen molar-refractivity contribution in [3.05, 3.63) is 41.5 Å². The third-order valence-corrected chi connectivity index (χ3v) is 4.80. The van der Waals surface area contributed by atoms with Crippen molar-refractivity contribution in [2.45, 2.75) is 37.1 Å². The van der Waals surface area contributed by atoms with Crippen LogP contribution in [0, 0.1) is 0 Å². The fraction of sp³-hybridized carbons (Fsp3) is 0.286.